The van der Waals surface area contributed by atoms with Crippen molar-refractivity contribution >= 4 is 36.7 Å². The van der Waals surface area contributed by atoms with Gasteiger partial charge in [0.05, 0.1) is 12.9 Å². The number of terminal acetylenes is 1. The van der Waals surface area contributed by atoms with E-state index in [0.29, 0.717) is 25.3 Å². The van der Waals surface area contributed by atoms with Gasteiger partial charge < -0.3 is 24.5 Å². The van der Waals surface area contributed by atoms with Crippen LogP contribution in [0.5, 0.6) is 5.75 Å². The van der Waals surface area contributed by atoms with Gasteiger partial charge in [-0.05, 0) is 48.6 Å². The fraction of sp³-hybridized carbons (Fsp3) is 0.588. The molecule has 2 aromatic carbocycles. The van der Waals surface area contributed by atoms with E-state index >= 15 is 4.57 Å². The van der Waals surface area contributed by atoms with Gasteiger partial charge in [0.2, 0.25) is 0 Å². The molecule has 1 saturated heterocycles. The molecule has 18 heteroatoms. The molecule has 4 aromatic rings. The SMILES string of the molecule is C#C[C@]1(CO[P@@](=O)(N[C@@H](Cc2cc(F)cc(F)c2)C(=O)OCC(CC)CC)Oc2ccccc2)O[C@@H](n2cnc3c(N)nc(F)nc32)C[C@@H]1OC(=O)CCCCCCCCCCCCCCCCC. The fourth-order valence-electron chi connectivity index (χ4n) is 8.38. The molecule has 0 amide bonds. The number of nitrogens with zero attached hydrogens (tertiary/aromatic N) is 4. The average molecular weight is 983 g/mol. The first-order chi connectivity index (χ1) is 33.3. The number of nitrogens with one attached hydrogen (secondary N) is 1. The highest BCUT2D eigenvalue weighted by Gasteiger charge is 2.53. The Morgan fingerprint density at radius 2 is 1.52 bits per heavy atom. The Morgan fingerprint density at radius 3 is 2.12 bits per heavy atom. The van der Waals surface area contributed by atoms with Crippen molar-refractivity contribution in [2.24, 2.45) is 5.92 Å². The highest BCUT2D eigenvalue weighted by atomic mass is 31.2. The van der Waals surface area contributed by atoms with Gasteiger partial charge in [-0.2, -0.15) is 19.4 Å². The van der Waals surface area contributed by atoms with Crippen LogP contribution < -0.4 is 15.3 Å². The molecule has 0 spiro atoms. The van der Waals surface area contributed by atoms with Gasteiger partial charge in [-0.15, -0.1) is 6.42 Å². The summed E-state index contributed by atoms with van der Waals surface area (Å²) in [5, 5.41) is 2.67. The molecular weight excluding hydrogens is 913 g/mol. The molecule has 1 aliphatic heterocycles. The number of nitrogen functional groups attached to an aromatic ring is 1. The molecule has 378 valence electrons. The van der Waals surface area contributed by atoms with Crippen LogP contribution in [0, 0.1) is 36.0 Å². The lowest BCUT2D eigenvalue weighted by Crippen LogP contribution is -2.46. The molecule has 14 nitrogen and oxygen atoms in total. The molecule has 1 aliphatic rings. The third-order valence-corrected chi connectivity index (χ3v) is 14.1. The Kier molecular flexibility index (Phi) is 22.3. The van der Waals surface area contributed by atoms with Crippen molar-refractivity contribution in [3.63, 3.8) is 0 Å². The molecule has 69 heavy (non-hydrogen) atoms. The first kappa shape index (κ1) is 54.9. The van der Waals surface area contributed by atoms with Crippen LogP contribution in [0.2, 0.25) is 0 Å². The molecule has 0 radical (unpaired) electrons. The third kappa shape index (κ3) is 17.1. The number of halogens is 3. The number of nitrogens with two attached hydrogens (primary N) is 1. The minimum absolute atomic E-state index is 0.0126. The second-order valence-corrected chi connectivity index (χ2v) is 19.6. The van der Waals surface area contributed by atoms with Crippen molar-refractivity contribution < 1.29 is 50.6 Å². The van der Waals surface area contributed by atoms with Gasteiger partial charge in [-0.1, -0.05) is 148 Å². The number of ether oxygens (including phenoxy) is 3. The molecule has 5 atom stereocenters. The van der Waals surface area contributed by atoms with Crippen LogP contribution >= 0.6 is 7.75 Å². The summed E-state index contributed by atoms with van der Waals surface area (Å²) in [6, 6.07) is 9.17. The predicted molar refractivity (Wildman–Crippen MR) is 258 cm³/mol. The number of hydrogen-bond acceptors (Lipinski definition) is 12. The van der Waals surface area contributed by atoms with Gasteiger partial charge >= 0.3 is 25.8 Å². The number of aromatic nitrogens is 4. The van der Waals surface area contributed by atoms with Crippen molar-refractivity contribution in [3.05, 3.63) is 78.1 Å². The zero-order valence-electron chi connectivity index (χ0n) is 40.4. The number of unbranched alkanes of at least 4 members (excludes halogenated alkanes) is 14. The van der Waals surface area contributed by atoms with Crippen LogP contribution in [0.4, 0.5) is 19.0 Å². The normalized spacial score (nSPS) is 18.2. The van der Waals surface area contributed by atoms with Gasteiger partial charge in [0.25, 0.3) is 0 Å². The molecule has 0 saturated carbocycles. The maximum Gasteiger partial charge on any atom is 0.459 e. The fourth-order valence-corrected chi connectivity index (χ4v) is 9.90. The second kappa shape index (κ2) is 28.0. The number of carbonyl (C=O) groups is 2. The largest absolute Gasteiger partial charge is 0.464 e. The quantitative estimate of drug-likeness (QED) is 0.0155. The van der Waals surface area contributed by atoms with Gasteiger partial charge in [-0.25, -0.2) is 18.3 Å². The highest BCUT2D eigenvalue weighted by Crippen LogP contribution is 2.49. The van der Waals surface area contributed by atoms with Crippen LogP contribution in [0.15, 0.2) is 54.9 Å². The summed E-state index contributed by atoms with van der Waals surface area (Å²) in [5.41, 5.74) is 4.09. The Balaban J connectivity index is 1.32. The number of anilines is 1. The van der Waals surface area contributed by atoms with Crippen LogP contribution in [0.3, 0.4) is 0 Å². The number of hydrogen-bond donors (Lipinski definition) is 2. The van der Waals surface area contributed by atoms with Crippen molar-refractivity contribution in [2.75, 3.05) is 18.9 Å². The van der Waals surface area contributed by atoms with E-state index in [9.17, 15) is 22.8 Å². The number of esters is 2. The Labute approximate surface area is 405 Å². The molecular formula is C51H70F3N6O8P. The van der Waals surface area contributed by atoms with E-state index in [-0.39, 0.29) is 53.7 Å². The topological polar surface area (TPSA) is 179 Å². The lowest BCUT2D eigenvalue weighted by molar-refractivity contribution is -0.158. The maximum absolute atomic E-state index is 15.1. The van der Waals surface area contributed by atoms with E-state index in [4.69, 9.17) is 35.4 Å². The van der Waals surface area contributed by atoms with E-state index in [1.165, 1.54) is 87.2 Å². The van der Waals surface area contributed by atoms with E-state index in [1.807, 2.05) is 13.8 Å². The van der Waals surface area contributed by atoms with Crippen LogP contribution in [-0.2, 0) is 39.3 Å². The number of fused-ring (bicyclic) bond motifs is 1. The summed E-state index contributed by atoms with van der Waals surface area (Å²) in [7, 11) is -4.78. The lowest BCUT2D eigenvalue weighted by Gasteiger charge is -2.31. The van der Waals surface area contributed by atoms with Crippen molar-refractivity contribution in [2.45, 2.75) is 173 Å². The van der Waals surface area contributed by atoms with E-state index in [1.54, 1.807) is 18.2 Å². The molecule has 0 unspecified atom stereocenters. The van der Waals surface area contributed by atoms with Crippen molar-refractivity contribution in [1.29, 1.82) is 0 Å². The van der Waals surface area contributed by atoms with Gasteiger partial charge in [0, 0.05) is 18.9 Å². The second-order valence-electron chi connectivity index (χ2n) is 17.9. The van der Waals surface area contributed by atoms with Gasteiger partial charge in [-0.3, -0.25) is 18.7 Å². The van der Waals surface area contributed by atoms with Crippen molar-refractivity contribution in [1.82, 2.24) is 24.6 Å². The standard InChI is InChI=1S/C51H70F3N6O8P/c1-5-9-10-11-12-13-14-15-16-17-18-19-20-21-25-28-45(61)66-43-33-44(60-36-56-46-47(55)57-50(54)58-48(46)60)67-51(43,8-4)35-65-69(63,68-41-26-23-22-24-27-41)59-42(49(62)64-34-37(6-2)7-3)31-38-29-39(52)32-40(53)30-38/h4,22-24,26-27,29-30,32,36-37,42-44H,5-7,9-21,25,28,31,33-35H2,1-3H3,(H,59,63)(H2,55,57,58)/t42-,43-,44+,51+,69-/m0/s1. The summed E-state index contributed by atoms with van der Waals surface area (Å²) < 4.78 is 90.1. The number of para-hydroxylation sites is 1. The number of carbonyl (C=O) groups excluding carboxylic acids is 2. The predicted octanol–water partition coefficient (Wildman–Crippen LogP) is 11.7. The molecule has 2 aromatic heterocycles. The third-order valence-electron chi connectivity index (χ3n) is 12.5. The molecule has 3 N–H and O–H groups in total. The number of rotatable bonds is 32. The Morgan fingerprint density at radius 1 is 0.913 bits per heavy atom. The zero-order chi connectivity index (χ0) is 49.7. The summed E-state index contributed by atoms with van der Waals surface area (Å²) in [4.78, 5) is 39.1. The minimum atomic E-state index is -4.78. The first-order valence-corrected chi connectivity index (χ1v) is 26.2. The summed E-state index contributed by atoms with van der Waals surface area (Å²) in [5.74, 6) is -0.807. The number of benzene rings is 2. The summed E-state index contributed by atoms with van der Waals surface area (Å²) >= 11 is 0. The maximum atomic E-state index is 15.1. The average Bonchev–Trinajstić information content (AvgIpc) is 3.91. The Bertz CT molecular complexity index is 2290. The minimum Gasteiger partial charge on any atom is -0.464 e. The molecule has 0 bridgehead atoms. The highest BCUT2D eigenvalue weighted by molar-refractivity contribution is 7.52. The molecule has 3 heterocycles. The van der Waals surface area contributed by atoms with Crippen LogP contribution in [0.1, 0.15) is 155 Å². The lowest BCUT2D eigenvalue weighted by atomic mass is 9.98. The Hall–Kier alpha value is -5.01. The van der Waals surface area contributed by atoms with E-state index < -0.39 is 74.4 Å². The monoisotopic (exact) mass is 982 g/mol. The van der Waals surface area contributed by atoms with Crippen molar-refractivity contribution in [3.8, 4) is 18.1 Å². The summed E-state index contributed by atoms with van der Waals surface area (Å²) in [6.07, 6.45) is 22.6. The van der Waals surface area contributed by atoms with E-state index in [0.717, 1.165) is 37.8 Å². The molecule has 1 fully saturated rings. The van der Waals surface area contributed by atoms with Gasteiger partial charge in [0.1, 0.15) is 42.4 Å². The van der Waals surface area contributed by atoms with Gasteiger partial charge in [0.15, 0.2) is 22.6 Å². The first-order valence-electron chi connectivity index (χ1n) is 24.7. The molecule has 0 aliphatic carbocycles. The summed E-state index contributed by atoms with van der Waals surface area (Å²) in [6.45, 7) is 5.40. The van der Waals surface area contributed by atoms with E-state index in [2.05, 4.69) is 32.9 Å². The molecule has 5 rings (SSSR count). The van der Waals surface area contributed by atoms with Crippen LogP contribution in [-0.4, -0.2) is 62.4 Å². The van der Waals surface area contributed by atoms with Crippen LogP contribution in [0.25, 0.3) is 11.2 Å². The smallest absolute Gasteiger partial charge is 0.459 e. The number of imidazole rings is 1. The zero-order valence-corrected chi connectivity index (χ0v) is 41.2.